The summed E-state index contributed by atoms with van der Waals surface area (Å²) in [6, 6.07) is 3.00. The molecular weight excluding hydrogens is 216 g/mol. The maximum Gasteiger partial charge on any atom is 0.224 e. The predicted octanol–water partition coefficient (Wildman–Crippen LogP) is 1.21. The Morgan fingerprint density at radius 1 is 1.31 bits per heavy atom. The molecule has 86 valence electrons. The van der Waals surface area contributed by atoms with E-state index in [0.29, 0.717) is 6.07 Å². The summed E-state index contributed by atoms with van der Waals surface area (Å²) in [5.74, 6) is -2.11. The number of hydrogen-bond donors (Lipinski definition) is 1. The third-order valence-electron chi connectivity index (χ3n) is 1.90. The van der Waals surface area contributed by atoms with Gasteiger partial charge < -0.3 is 5.32 Å². The minimum atomic E-state index is -0.766. The monoisotopic (exact) mass is 227 g/mol. The average molecular weight is 227 g/mol. The van der Waals surface area contributed by atoms with Gasteiger partial charge in [0.15, 0.2) is 0 Å². The van der Waals surface area contributed by atoms with Crippen LogP contribution in [0.4, 0.5) is 8.78 Å². The van der Waals surface area contributed by atoms with Crippen LogP contribution >= 0.6 is 0 Å². The Balaban J connectivity index is 2.59. The minimum Gasteiger partial charge on any atom is -0.349 e. The number of carbonyl (C=O) groups is 2. The molecule has 0 aliphatic carbocycles. The molecule has 0 saturated carbocycles. The first-order valence-electron chi connectivity index (χ1n) is 4.69. The summed E-state index contributed by atoms with van der Waals surface area (Å²) in [5, 5.41) is 2.32. The van der Waals surface area contributed by atoms with Crippen molar-refractivity contribution in [1.29, 1.82) is 0 Å². The van der Waals surface area contributed by atoms with Crippen molar-refractivity contribution in [2.24, 2.45) is 0 Å². The topological polar surface area (TPSA) is 46.2 Å². The third-order valence-corrected chi connectivity index (χ3v) is 1.90. The molecule has 0 aromatic heterocycles. The van der Waals surface area contributed by atoms with Crippen molar-refractivity contribution in [3.05, 3.63) is 35.4 Å². The molecule has 0 saturated heterocycles. The number of carbonyl (C=O) groups excluding carboxylic acids is 2. The summed E-state index contributed by atoms with van der Waals surface area (Å²) in [5.41, 5.74) is 0.0995. The highest BCUT2D eigenvalue weighted by Crippen LogP contribution is 2.09. The lowest BCUT2D eigenvalue weighted by atomic mass is 10.1. The highest BCUT2D eigenvalue weighted by atomic mass is 19.1. The molecular formula is C11H11F2NO2. The summed E-state index contributed by atoms with van der Waals surface area (Å²) in [4.78, 5) is 21.8. The molecule has 0 unspecified atom stereocenters. The molecule has 0 spiro atoms. The zero-order valence-corrected chi connectivity index (χ0v) is 8.72. The summed E-state index contributed by atoms with van der Waals surface area (Å²) in [6.45, 7) is 1.25. The van der Waals surface area contributed by atoms with Gasteiger partial charge in [0.2, 0.25) is 5.91 Å². The molecule has 0 radical (unpaired) electrons. The Labute approximate surface area is 91.5 Å². The highest BCUT2D eigenvalue weighted by molar-refractivity contribution is 5.85. The standard InChI is InChI=1S/C11H11F2NO2/c1-7(15)6-14-11(16)4-8-2-3-9(12)5-10(8)13/h2-3,5H,4,6H2,1H3,(H,14,16). The molecule has 3 nitrogen and oxygen atoms in total. The van der Waals surface area contributed by atoms with Gasteiger partial charge in [0.05, 0.1) is 13.0 Å². The van der Waals surface area contributed by atoms with Crippen molar-refractivity contribution in [2.75, 3.05) is 6.54 Å². The zero-order valence-electron chi connectivity index (χ0n) is 8.72. The second-order valence-corrected chi connectivity index (χ2v) is 3.39. The van der Waals surface area contributed by atoms with E-state index in [2.05, 4.69) is 5.32 Å². The van der Waals surface area contributed by atoms with E-state index in [4.69, 9.17) is 0 Å². The van der Waals surface area contributed by atoms with Crippen LogP contribution in [-0.2, 0) is 16.0 Å². The van der Waals surface area contributed by atoms with E-state index in [1.54, 1.807) is 0 Å². The Kier molecular flexibility index (Phi) is 4.10. The number of ketones is 1. The molecule has 1 amide bonds. The number of nitrogens with one attached hydrogen (secondary N) is 1. The first-order chi connectivity index (χ1) is 7.49. The smallest absolute Gasteiger partial charge is 0.224 e. The molecule has 0 aliphatic rings. The number of rotatable bonds is 4. The Hall–Kier alpha value is -1.78. The van der Waals surface area contributed by atoms with Gasteiger partial charge in [0.1, 0.15) is 17.4 Å². The van der Waals surface area contributed by atoms with Crippen molar-refractivity contribution in [3.8, 4) is 0 Å². The van der Waals surface area contributed by atoms with Crippen molar-refractivity contribution < 1.29 is 18.4 Å². The Bertz CT molecular complexity index is 418. The van der Waals surface area contributed by atoms with Crippen molar-refractivity contribution >= 4 is 11.7 Å². The van der Waals surface area contributed by atoms with E-state index in [1.807, 2.05) is 0 Å². The normalized spacial score (nSPS) is 9.94. The second kappa shape index (κ2) is 5.34. The molecule has 16 heavy (non-hydrogen) atoms. The van der Waals surface area contributed by atoms with Crippen LogP contribution in [0.3, 0.4) is 0 Å². The fourth-order valence-corrected chi connectivity index (χ4v) is 1.12. The maximum atomic E-state index is 13.1. The summed E-state index contributed by atoms with van der Waals surface area (Å²) in [6.07, 6.45) is -0.209. The lowest BCUT2D eigenvalue weighted by Crippen LogP contribution is -2.29. The molecule has 0 bridgehead atoms. The summed E-state index contributed by atoms with van der Waals surface area (Å²) >= 11 is 0. The molecule has 1 N–H and O–H groups in total. The summed E-state index contributed by atoms with van der Waals surface area (Å²) in [7, 11) is 0. The average Bonchev–Trinajstić information content (AvgIpc) is 2.19. The van der Waals surface area contributed by atoms with Gasteiger partial charge in [-0.3, -0.25) is 9.59 Å². The SMILES string of the molecule is CC(=O)CNC(=O)Cc1ccc(F)cc1F. The van der Waals surface area contributed by atoms with E-state index in [0.717, 1.165) is 6.07 Å². The van der Waals surface area contributed by atoms with Gasteiger partial charge in [0, 0.05) is 6.07 Å². The van der Waals surface area contributed by atoms with Gasteiger partial charge in [-0.1, -0.05) is 6.07 Å². The number of amides is 1. The fraction of sp³-hybridized carbons (Fsp3) is 0.273. The molecule has 0 fully saturated rings. The van der Waals surface area contributed by atoms with Crippen LogP contribution in [0.15, 0.2) is 18.2 Å². The number of halogens is 2. The minimum absolute atomic E-state index is 0.0817. The molecule has 0 heterocycles. The van der Waals surface area contributed by atoms with Crippen LogP contribution < -0.4 is 5.32 Å². The van der Waals surface area contributed by atoms with Crippen LogP contribution in [0.5, 0.6) is 0 Å². The Morgan fingerprint density at radius 2 is 2.00 bits per heavy atom. The van der Waals surface area contributed by atoms with E-state index >= 15 is 0 Å². The van der Waals surface area contributed by atoms with E-state index < -0.39 is 17.5 Å². The van der Waals surface area contributed by atoms with E-state index in [1.165, 1.54) is 13.0 Å². The second-order valence-electron chi connectivity index (χ2n) is 3.39. The van der Waals surface area contributed by atoms with E-state index in [9.17, 15) is 18.4 Å². The molecule has 1 aromatic carbocycles. The van der Waals surface area contributed by atoms with Gasteiger partial charge in [-0.2, -0.15) is 0 Å². The lowest BCUT2D eigenvalue weighted by Gasteiger charge is -2.04. The van der Waals surface area contributed by atoms with Gasteiger partial charge in [-0.05, 0) is 18.6 Å². The maximum absolute atomic E-state index is 13.1. The Morgan fingerprint density at radius 3 is 2.56 bits per heavy atom. The molecule has 1 aromatic rings. The predicted molar refractivity (Wildman–Crippen MR) is 53.8 cm³/mol. The molecule has 1 rings (SSSR count). The molecule has 5 heteroatoms. The third kappa shape index (κ3) is 3.76. The first kappa shape index (κ1) is 12.3. The van der Waals surface area contributed by atoms with Gasteiger partial charge in [0.25, 0.3) is 0 Å². The van der Waals surface area contributed by atoms with Crippen LogP contribution in [0.1, 0.15) is 12.5 Å². The van der Waals surface area contributed by atoms with Gasteiger partial charge in [-0.15, -0.1) is 0 Å². The van der Waals surface area contributed by atoms with Crippen molar-refractivity contribution in [2.45, 2.75) is 13.3 Å². The number of hydrogen-bond acceptors (Lipinski definition) is 2. The quantitative estimate of drug-likeness (QED) is 0.840. The van der Waals surface area contributed by atoms with Gasteiger partial charge in [-0.25, -0.2) is 8.78 Å². The van der Waals surface area contributed by atoms with Crippen LogP contribution in [0.25, 0.3) is 0 Å². The highest BCUT2D eigenvalue weighted by Gasteiger charge is 2.09. The fourth-order valence-electron chi connectivity index (χ4n) is 1.12. The number of Topliss-reactive ketones (excluding diaryl/α,β-unsaturated/α-hetero) is 1. The lowest BCUT2D eigenvalue weighted by molar-refractivity contribution is -0.124. The zero-order chi connectivity index (χ0) is 12.1. The van der Waals surface area contributed by atoms with Crippen LogP contribution in [0, 0.1) is 11.6 Å². The van der Waals surface area contributed by atoms with Gasteiger partial charge >= 0.3 is 0 Å². The molecule has 0 atom stereocenters. The molecule has 0 aliphatic heterocycles. The largest absolute Gasteiger partial charge is 0.349 e. The number of benzene rings is 1. The van der Waals surface area contributed by atoms with Crippen molar-refractivity contribution in [3.63, 3.8) is 0 Å². The van der Waals surface area contributed by atoms with E-state index in [-0.39, 0.29) is 24.3 Å². The van der Waals surface area contributed by atoms with Crippen LogP contribution in [-0.4, -0.2) is 18.2 Å². The first-order valence-corrected chi connectivity index (χ1v) is 4.69. The van der Waals surface area contributed by atoms with Crippen molar-refractivity contribution in [1.82, 2.24) is 5.32 Å². The summed E-state index contributed by atoms with van der Waals surface area (Å²) < 4.78 is 25.7. The van der Waals surface area contributed by atoms with Crippen LogP contribution in [0.2, 0.25) is 0 Å².